The second-order valence-corrected chi connectivity index (χ2v) is 8.40. The van der Waals surface area contributed by atoms with Crippen LogP contribution < -0.4 is 14.8 Å². The van der Waals surface area contributed by atoms with Crippen LogP contribution in [0.2, 0.25) is 0 Å². The third kappa shape index (κ3) is 6.26. The number of halogens is 2. The van der Waals surface area contributed by atoms with Crippen molar-refractivity contribution in [1.29, 1.82) is 0 Å². The van der Waals surface area contributed by atoms with Gasteiger partial charge in [0, 0.05) is 11.4 Å². The maximum atomic E-state index is 13.3. The van der Waals surface area contributed by atoms with E-state index >= 15 is 0 Å². The van der Waals surface area contributed by atoms with Gasteiger partial charge in [0.1, 0.15) is 5.75 Å². The average molecular weight is 446 g/mol. The minimum atomic E-state index is -4.09. The molecule has 31 heavy (non-hydrogen) atoms. The smallest absolute Gasteiger partial charge is 0.261 e. The molecule has 0 spiro atoms. The quantitative estimate of drug-likeness (QED) is 0.534. The predicted molar refractivity (Wildman–Crippen MR) is 114 cm³/mol. The summed E-state index contributed by atoms with van der Waals surface area (Å²) < 4.78 is 58.7. The molecule has 9 heteroatoms. The normalized spacial score (nSPS) is 11.1. The van der Waals surface area contributed by atoms with Crippen LogP contribution in [0.25, 0.3) is 0 Å². The van der Waals surface area contributed by atoms with Crippen LogP contribution in [-0.2, 0) is 14.8 Å². The summed E-state index contributed by atoms with van der Waals surface area (Å²) >= 11 is 0. The zero-order chi connectivity index (χ0) is 22.4. The molecule has 0 aromatic heterocycles. The number of anilines is 2. The highest BCUT2D eigenvalue weighted by atomic mass is 32.2. The van der Waals surface area contributed by atoms with Crippen molar-refractivity contribution in [3.05, 3.63) is 83.9 Å². The van der Waals surface area contributed by atoms with Crippen LogP contribution in [-0.4, -0.2) is 20.9 Å². The van der Waals surface area contributed by atoms with Gasteiger partial charge in [-0.15, -0.1) is 0 Å². The second kappa shape index (κ2) is 9.57. The van der Waals surface area contributed by atoms with Crippen LogP contribution >= 0.6 is 0 Å². The summed E-state index contributed by atoms with van der Waals surface area (Å²) in [7, 11) is -4.09. The van der Waals surface area contributed by atoms with Crippen molar-refractivity contribution in [2.24, 2.45) is 0 Å². The maximum absolute atomic E-state index is 13.3. The molecule has 3 rings (SSSR count). The van der Waals surface area contributed by atoms with Crippen LogP contribution in [0.5, 0.6) is 5.75 Å². The Bertz CT molecular complexity index is 1180. The topological polar surface area (TPSA) is 84.5 Å². The van der Waals surface area contributed by atoms with Crippen LogP contribution in [0.15, 0.2) is 71.6 Å². The molecule has 3 aromatic rings. The Morgan fingerprint density at radius 1 is 0.935 bits per heavy atom. The molecule has 0 aliphatic carbocycles. The van der Waals surface area contributed by atoms with Crippen LogP contribution in [0.1, 0.15) is 12.0 Å². The van der Waals surface area contributed by atoms with Crippen molar-refractivity contribution in [1.82, 2.24) is 0 Å². The number of aryl methyl sites for hydroxylation is 1. The standard InChI is InChI=1S/C22H20F2N2O4S/c1-15-3-2-4-18(13-15)30-12-11-22(27)25-16-5-7-17(8-6-16)26-31(28,29)19-9-10-20(23)21(24)14-19/h2-10,13-14,26H,11-12H2,1H3,(H,25,27). The SMILES string of the molecule is Cc1cccc(OCCC(=O)Nc2ccc(NS(=O)(=O)c3ccc(F)c(F)c3)cc2)c1. The van der Waals surface area contributed by atoms with Crippen molar-refractivity contribution in [3.8, 4) is 5.75 Å². The molecule has 0 unspecified atom stereocenters. The molecule has 0 atom stereocenters. The third-order valence-electron chi connectivity index (χ3n) is 4.21. The van der Waals surface area contributed by atoms with Crippen molar-refractivity contribution < 1.29 is 26.7 Å². The van der Waals surface area contributed by atoms with Crippen LogP contribution in [0.3, 0.4) is 0 Å². The van der Waals surface area contributed by atoms with Gasteiger partial charge in [-0.2, -0.15) is 0 Å². The van der Waals surface area contributed by atoms with Gasteiger partial charge in [-0.1, -0.05) is 12.1 Å². The lowest BCUT2D eigenvalue weighted by molar-refractivity contribution is -0.116. The number of rotatable bonds is 8. The summed E-state index contributed by atoms with van der Waals surface area (Å²) in [5, 5.41) is 2.69. The van der Waals surface area contributed by atoms with E-state index < -0.39 is 26.6 Å². The lowest BCUT2D eigenvalue weighted by Gasteiger charge is -2.10. The molecule has 0 heterocycles. The van der Waals surface area contributed by atoms with Gasteiger partial charge in [-0.3, -0.25) is 9.52 Å². The van der Waals surface area contributed by atoms with Gasteiger partial charge < -0.3 is 10.1 Å². The van der Waals surface area contributed by atoms with E-state index in [1.165, 1.54) is 24.3 Å². The van der Waals surface area contributed by atoms with E-state index in [0.717, 1.165) is 17.7 Å². The Morgan fingerprint density at radius 3 is 2.32 bits per heavy atom. The minimum Gasteiger partial charge on any atom is -0.493 e. The number of hydrogen-bond donors (Lipinski definition) is 2. The van der Waals surface area contributed by atoms with Crippen molar-refractivity contribution in [2.75, 3.05) is 16.6 Å². The zero-order valence-corrected chi connectivity index (χ0v) is 17.4. The molecule has 1 amide bonds. The Labute approximate surface area is 178 Å². The van der Waals surface area contributed by atoms with Gasteiger partial charge >= 0.3 is 0 Å². The van der Waals surface area contributed by atoms with E-state index in [-0.39, 0.29) is 24.6 Å². The number of carbonyl (C=O) groups is 1. The highest BCUT2D eigenvalue weighted by Crippen LogP contribution is 2.20. The Hall–Kier alpha value is -3.46. The van der Waals surface area contributed by atoms with Gasteiger partial charge in [0.15, 0.2) is 11.6 Å². The molecule has 0 saturated carbocycles. The van der Waals surface area contributed by atoms with E-state index in [1.54, 1.807) is 0 Å². The van der Waals surface area contributed by atoms with Crippen molar-refractivity contribution in [2.45, 2.75) is 18.2 Å². The van der Waals surface area contributed by atoms with Crippen molar-refractivity contribution >= 4 is 27.3 Å². The number of ether oxygens (including phenoxy) is 1. The summed E-state index contributed by atoms with van der Waals surface area (Å²) in [6, 6.07) is 15.7. The zero-order valence-electron chi connectivity index (χ0n) is 16.6. The molecule has 6 nitrogen and oxygen atoms in total. The van der Waals surface area contributed by atoms with E-state index in [1.807, 2.05) is 31.2 Å². The first-order valence-electron chi connectivity index (χ1n) is 9.30. The predicted octanol–water partition coefficient (Wildman–Crippen LogP) is 4.48. The van der Waals surface area contributed by atoms with E-state index in [9.17, 15) is 22.0 Å². The average Bonchev–Trinajstić information content (AvgIpc) is 2.71. The largest absolute Gasteiger partial charge is 0.493 e. The first-order chi connectivity index (χ1) is 14.7. The molecule has 0 aliphatic rings. The number of benzene rings is 3. The number of sulfonamides is 1. The lowest BCUT2D eigenvalue weighted by Crippen LogP contribution is -2.15. The summed E-state index contributed by atoms with van der Waals surface area (Å²) in [5.74, 6) is -1.97. The molecule has 0 aliphatic heterocycles. The van der Waals surface area contributed by atoms with E-state index in [2.05, 4.69) is 10.0 Å². The molecular weight excluding hydrogens is 426 g/mol. The molecule has 3 aromatic carbocycles. The number of carbonyl (C=O) groups excluding carboxylic acids is 1. The summed E-state index contributed by atoms with van der Waals surface area (Å²) in [5.41, 5.74) is 1.73. The van der Waals surface area contributed by atoms with Gasteiger partial charge in [0.25, 0.3) is 10.0 Å². The fourth-order valence-corrected chi connectivity index (χ4v) is 3.74. The number of hydrogen-bond acceptors (Lipinski definition) is 4. The highest BCUT2D eigenvalue weighted by Gasteiger charge is 2.16. The van der Waals surface area contributed by atoms with Gasteiger partial charge in [0.2, 0.25) is 5.91 Å². The van der Waals surface area contributed by atoms with Gasteiger partial charge in [-0.05, 0) is 67.1 Å². The van der Waals surface area contributed by atoms with Crippen molar-refractivity contribution in [3.63, 3.8) is 0 Å². The Morgan fingerprint density at radius 2 is 1.65 bits per heavy atom. The second-order valence-electron chi connectivity index (χ2n) is 6.72. The molecule has 0 saturated heterocycles. The number of amides is 1. The summed E-state index contributed by atoms with van der Waals surface area (Å²) in [4.78, 5) is 11.7. The Kier molecular flexibility index (Phi) is 6.86. The van der Waals surface area contributed by atoms with E-state index in [0.29, 0.717) is 17.5 Å². The Balaban J connectivity index is 1.53. The lowest BCUT2D eigenvalue weighted by atomic mass is 10.2. The fraction of sp³-hybridized carbons (Fsp3) is 0.136. The molecule has 0 fully saturated rings. The summed E-state index contributed by atoms with van der Waals surface area (Å²) in [6.45, 7) is 2.16. The first kappa shape index (κ1) is 22.2. The fourth-order valence-electron chi connectivity index (χ4n) is 2.67. The van der Waals surface area contributed by atoms with Crippen LogP contribution in [0, 0.1) is 18.6 Å². The highest BCUT2D eigenvalue weighted by molar-refractivity contribution is 7.92. The minimum absolute atomic E-state index is 0.137. The van der Waals surface area contributed by atoms with E-state index in [4.69, 9.17) is 4.74 Å². The molecule has 2 N–H and O–H groups in total. The maximum Gasteiger partial charge on any atom is 0.261 e. The molecular formula is C22H20F2N2O4S. The van der Waals surface area contributed by atoms with Gasteiger partial charge in [-0.25, -0.2) is 17.2 Å². The first-order valence-corrected chi connectivity index (χ1v) is 10.8. The molecule has 162 valence electrons. The van der Waals surface area contributed by atoms with Gasteiger partial charge in [0.05, 0.1) is 17.9 Å². The molecule has 0 bridgehead atoms. The summed E-state index contributed by atoms with van der Waals surface area (Å²) in [6.07, 6.45) is 0.137. The third-order valence-corrected chi connectivity index (χ3v) is 5.59. The van der Waals surface area contributed by atoms with Crippen LogP contribution in [0.4, 0.5) is 20.2 Å². The monoisotopic (exact) mass is 446 g/mol. The molecule has 0 radical (unpaired) electrons. The number of nitrogens with one attached hydrogen (secondary N) is 2.